The van der Waals surface area contributed by atoms with Crippen LogP contribution in [0.2, 0.25) is 0 Å². The van der Waals surface area contributed by atoms with Crippen molar-refractivity contribution in [2.24, 2.45) is 0 Å². The minimum atomic E-state index is 0.709. The van der Waals surface area contributed by atoms with Gasteiger partial charge in [-0.25, -0.2) is 9.97 Å². The van der Waals surface area contributed by atoms with Gasteiger partial charge in [0, 0.05) is 30.1 Å². The van der Waals surface area contributed by atoms with Gasteiger partial charge >= 0.3 is 0 Å². The Morgan fingerprint density at radius 1 is 0.889 bits per heavy atom. The monoisotopic (exact) mass is 491 g/mol. The maximum absolute atomic E-state index is 5.01. The lowest BCUT2D eigenvalue weighted by molar-refractivity contribution is 0.220. The molecule has 1 aromatic carbocycles. The molecule has 1 fully saturated rings. The second-order valence-electron chi connectivity index (χ2n) is 9.38. The van der Waals surface area contributed by atoms with Gasteiger partial charge in [0.1, 0.15) is 5.52 Å². The fourth-order valence-electron chi connectivity index (χ4n) is 5.11. The summed E-state index contributed by atoms with van der Waals surface area (Å²) in [5, 5.41) is 11.9. The molecule has 1 aliphatic heterocycles. The zero-order chi connectivity index (χ0) is 23.9. The van der Waals surface area contributed by atoms with Gasteiger partial charge in [-0.05, 0) is 78.2 Å². The van der Waals surface area contributed by atoms with Crippen molar-refractivity contribution < 1.29 is 0 Å². The van der Waals surface area contributed by atoms with Crippen molar-refractivity contribution in [1.82, 2.24) is 35.0 Å². The lowest BCUT2D eigenvalue weighted by Gasteiger charge is -2.26. The Bertz CT molecular complexity index is 1660. The molecule has 0 aliphatic carbocycles. The molecule has 36 heavy (non-hydrogen) atoms. The van der Waals surface area contributed by atoms with Crippen LogP contribution in [0, 0.1) is 0 Å². The van der Waals surface area contributed by atoms with Crippen LogP contribution in [0.4, 0.5) is 0 Å². The number of imidazole rings is 1. The van der Waals surface area contributed by atoms with Gasteiger partial charge in [-0.1, -0.05) is 18.6 Å². The minimum absolute atomic E-state index is 0.709. The van der Waals surface area contributed by atoms with Gasteiger partial charge in [-0.2, -0.15) is 16.4 Å². The summed E-state index contributed by atoms with van der Waals surface area (Å²) in [4.78, 5) is 20.5. The number of aromatic nitrogens is 6. The number of likely N-dealkylation sites (tertiary alicyclic amines) is 1. The van der Waals surface area contributed by atoms with E-state index in [1.807, 2.05) is 24.5 Å². The lowest BCUT2D eigenvalue weighted by Crippen LogP contribution is -2.29. The Labute approximate surface area is 212 Å². The Morgan fingerprint density at radius 3 is 2.72 bits per heavy atom. The molecule has 178 valence electrons. The molecule has 0 unspecified atom stereocenters. The average Bonchev–Trinajstić information content (AvgIpc) is 3.68. The third kappa shape index (κ3) is 3.88. The molecular weight excluding hydrogens is 466 g/mol. The van der Waals surface area contributed by atoms with Crippen LogP contribution >= 0.6 is 11.3 Å². The van der Waals surface area contributed by atoms with E-state index in [0.717, 1.165) is 51.1 Å². The van der Waals surface area contributed by atoms with Gasteiger partial charge in [0.25, 0.3) is 0 Å². The van der Waals surface area contributed by atoms with Gasteiger partial charge in [-0.15, -0.1) is 0 Å². The van der Waals surface area contributed by atoms with Crippen molar-refractivity contribution in [2.45, 2.75) is 25.8 Å². The van der Waals surface area contributed by atoms with Crippen LogP contribution in [0.5, 0.6) is 0 Å². The molecule has 7 nitrogen and oxygen atoms in total. The number of H-pyrrole nitrogens is 2. The Balaban J connectivity index is 1.26. The highest BCUT2D eigenvalue weighted by Crippen LogP contribution is 2.32. The van der Waals surface area contributed by atoms with Gasteiger partial charge in [0.05, 0.1) is 22.2 Å². The number of fused-ring (bicyclic) bond motifs is 2. The van der Waals surface area contributed by atoms with Gasteiger partial charge in [0.2, 0.25) is 0 Å². The van der Waals surface area contributed by atoms with E-state index in [1.165, 1.54) is 43.5 Å². The summed E-state index contributed by atoms with van der Waals surface area (Å²) in [5.41, 5.74) is 9.72. The summed E-state index contributed by atoms with van der Waals surface area (Å²) in [6.45, 7) is 3.27. The number of aromatic amines is 2. The zero-order valence-corrected chi connectivity index (χ0v) is 20.6. The standard InChI is InChI=1S/C28H25N7S/c1-2-10-35(11-3-1)16-18-13-20(15-29-14-18)22-7-8-24-26(30-22)27(34-33-24)28-31-23-6-4-5-21(25(23)32-28)19-9-12-36-17-19/h4-9,12-15,17H,1-3,10-11,16H2,(H,31,32)(H,33,34). The third-order valence-electron chi connectivity index (χ3n) is 6.92. The molecule has 1 aliphatic rings. The number of para-hydroxylation sites is 1. The third-order valence-corrected chi connectivity index (χ3v) is 7.61. The summed E-state index contributed by atoms with van der Waals surface area (Å²) in [6, 6.07) is 14.6. The van der Waals surface area contributed by atoms with Crippen molar-refractivity contribution in [2.75, 3.05) is 13.1 Å². The highest BCUT2D eigenvalue weighted by molar-refractivity contribution is 7.08. The maximum Gasteiger partial charge on any atom is 0.161 e. The van der Waals surface area contributed by atoms with Crippen molar-refractivity contribution in [1.29, 1.82) is 0 Å². The first kappa shape index (κ1) is 21.4. The molecule has 0 amide bonds. The quantitative estimate of drug-likeness (QED) is 0.296. The fraction of sp³-hybridized carbons (Fsp3) is 0.214. The van der Waals surface area contributed by atoms with E-state index in [2.05, 4.69) is 66.2 Å². The number of rotatable bonds is 5. The van der Waals surface area contributed by atoms with Gasteiger partial charge in [0.15, 0.2) is 11.5 Å². The number of benzene rings is 1. The normalized spacial score (nSPS) is 14.7. The van der Waals surface area contributed by atoms with E-state index in [-0.39, 0.29) is 0 Å². The van der Waals surface area contributed by atoms with E-state index in [1.54, 1.807) is 11.3 Å². The molecule has 0 spiro atoms. The summed E-state index contributed by atoms with van der Waals surface area (Å²) in [6.07, 6.45) is 7.77. The number of hydrogen-bond donors (Lipinski definition) is 2. The summed E-state index contributed by atoms with van der Waals surface area (Å²) in [7, 11) is 0. The van der Waals surface area contributed by atoms with Gasteiger partial charge in [-0.3, -0.25) is 15.0 Å². The van der Waals surface area contributed by atoms with Crippen molar-refractivity contribution in [3.05, 3.63) is 71.2 Å². The van der Waals surface area contributed by atoms with Crippen LogP contribution in [0.3, 0.4) is 0 Å². The topological polar surface area (TPSA) is 86.4 Å². The summed E-state index contributed by atoms with van der Waals surface area (Å²) >= 11 is 1.69. The zero-order valence-electron chi connectivity index (χ0n) is 19.7. The molecular formula is C28H25N7S. The molecule has 6 heterocycles. The lowest BCUT2D eigenvalue weighted by atomic mass is 10.1. The van der Waals surface area contributed by atoms with Crippen molar-refractivity contribution in [3.8, 4) is 33.9 Å². The first-order valence-corrected chi connectivity index (χ1v) is 13.3. The molecule has 1 saturated heterocycles. The van der Waals surface area contributed by atoms with E-state index >= 15 is 0 Å². The summed E-state index contributed by atoms with van der Waals surface area (Å²) < 4.78 is 0. The van der Waals surface area contributed by atoms with E-state index < -0.39 is 0 Å². The van der Waals surface area contributed by atoms with E-state index in [0.29, 0.717) is 5.82 Å². The highest BCUT2D eigenvalue weighted by atomic mass is 32.1. The smallest absolute Gasteiger partial charge is 0.161 e. The molecule has 2 N–H and O–H groups in total. The molecule has 0 atom stereocenters. The molecule has 0 radical (unpaired) electrons. The SMILES string of the molecule is c1cc(-c2ccsc2)c2nc(-c3n[nH]c4ccc(-c5cncc(CN6CCCCC6)c5)nc34)[nH]c2c1. The van der Waals surface area contributed by atoms with E-state index in [4.69, 9.17) is 9.97 Å². The van der Waals surface area contributed by atoms with Crippen LogP contribution in [-0.4, -0.2) is 48.1 Å². The van der Waals surface area contributed by atoms with Crippen molar-refractivity contribution in [3.63, 3.8) is 0 Å². The van der Waals surface area contributed by atoms with Crippen LogP contribution in [0.25, 0.3) is 56.0 Å². The second-order valence-corrected chi connectivity index (χ2v) is 10.2. The Morgan fingerprint density at radius 2 is 1.83 bits per heavy atom. The molecule has 7 rings (SSSR count). The number of pyridine rings is 2. The number of hydrogen-bond acceptors (Lipinski definition) is 6. The predicted octanol–water partition coefficient (Wildman–Crippen LogP) is 6.28. The van der Waals surface area contributed by atoms with Crippen LogP contribution in [0.15, 0.2) is 65.6 Å². The van der Waals surface area contributed by atoms with Crippen molar-refractivity contribution >= 4 is 33.4 Å². The molecule has 0 saturated carbocycles. The largest absolute Gasteiger partial charge is 0.336 e. The molecule has 0 bridgehead atoms. The summed E-state index contributed by atoms with van der Waals surface area (Å²) in [5.74, 6) is 0.709. The number of piperidine rings is 1. The number of thiophene rings is 1. The minimum Gasteiger partial charge on any atom is -0.336 e. The predicted molar refractivity (Wildman–Crippen MR) is 145 cm³/mol. The van der Waals surface area contributed by atoms with Gasteiger partial charge < -0.3 is 4.98 Å². The molecule has 5 aromatic heterocycles. The van der Waals surface area contributed by atoms with Crippen LogP contribution in [-0.2, 0) is 6.54 Å². The van der Waals surface area contributed by atoms with Crippen LogP contribution in [0.1, 0.15) is 24.8 Å². The Kier molecular flexibility index (Phi) is 5.33. The number of nitrogens with zero attached hydrogens (tertiary/aromatic N) is 5. The Hall–Kier alpha value is -3.88. The maximum atomic E-state index is 5.01. The van der Waals surface area contributed by atoms with Crippen LogP contribution < -0.4 is 0 Å². The average molecular weight is 492 g/mol. The molecule has 6 aromatic rings. The number of nitrogens with one attached hydrogen (secondary N) is 2. The highest BCUT2D eigenvalue weighted by Gasteiger charge is 2.17. The first-order valence-electron chi connectivity index (χ1n) is 12.4. The van der Waals surface area contributed by atoms with E-state index in [9.17, 15) is 0 Å². The molecule has 8 heteroatoms. The fourth-order valence-corrected chi connectivity index (χ4v) is 5.77. The second kappa shape index (κ2) is 8.96. The first-order chi connectivity index (χ1) is 17.8.